The van der Waals surface area contributed by atoms with Crippen molar-refractivity contribution in [1.29, 1.82) is 0 Å². The number of aliphatic hydroxyl groups excluding tert-OH is 1. The zero-order chi connectivity index (χ0) is 31.4. The summed E-state index contributed by atoms with van der Waals surface area (Å²) in [6, 6.07) is 10.9. The van der Waals surface area contributed by atoms with E-state index in [0.717, 1.165) is 107 Å². The fraction of sp³-hybridized carbons (Fsp3) is 0.588. The molecule has 2 aromatic carbocycles. The topological polar surface area (TPSA) is 131 Å². The molecule has 9 nitrogen and oxygen atoms in total. The molecule has 0 aromatic heterocycles. The zero-order valence-corrected chi connectivity index (χ0v) is 26.8. The number of sulfone groups is 1. The van der Waals surface area contributed by atoms with Crippen LogP contribution in [0.3, 0.4) is 0 Å². The highest BCUT2D eigenvalue weighted by molar-refractivity contribution is 7.92. The highest BCUT2D eigenvalue weighted by atomic mass is 32.2. The molecule has 0 bridgehead atoms. The number of unbranched alkanes of at least 4 members (excludes halogenated alkanes) is 4. The third-order valence-corrected chi connectivity index (χ3v) is 10.8. The van der Waals surface area contributed by atoms with Crippen molar-refractivity contribution in [3.63, 3.8) is 0 Å². The number of fused-ring (bicyclic) bond motifs is 1. The fourth-order valence-corrected chi connectivity index (χ4v) is 8.02. The van der Waals surface area contributed by atoms with Crippen LogP contribution in [0.5, 0.6) is 5.75 Å². The summed E-state index contributed by atoms with van der Waals surface area (Å²) in [5.41, 5.74) is 3.11. The molecule has 1 saturated carbocycles. The van der Waals surface area contributed by atoms with E-state index in [1.54, 1.807) is 18.2 Å². The molecule has 1 heterocycles. The maximum atomic E-state index is 12.9. The highest BCUT2D eigenvalue weighted by Crippen LogP contribution is 2.37. The van der Waals surface area contributed by atoms with Gasteiger partial charge in [0, 0.05) is 33.1 Å². The quantitative estimate of drug-likeness (QED) is 0.113. The Kier molecular flexibility index (Phi) is 13.2. The molecule has 1 atom stereocenters. The number of anilines is 1. The molecule has 0 spiro atoms. The normalized spacial score (nSPS) is 16.0. The molecule has 1 fully saturated rings. The molecule has 1 aliphatic carbocycles. The van der Waals surface area contributed by atoms with E-state index >= 15 is 0 Å². The monoisotopic (exact) mass is 628 g/mol. The predicted octanol–water partition coefficient (Wildman–Crippen LogP) is 5.44. The van der Waals surface area contributed by atoms with Crippen molar-refractivity contribution in [2.24, 2.45) is 0 Å². The summed E-state index contributed by atoms with van der Waals surface area (Å²) < 4.78 is 36.8. The second kappa shape index (κ2) is 17.1. The lowest BCUT2D eigenvalue weighted by molar-refractivity contribution is -0.132. The Morgan fingerprint density at radius 3 is 2.55 bits per heavy atom. The number of ether oxygens (including phenoxy) is 2. The van der Waals surface area contributed by atoms with E-state index < -0.39 is 21.9 Å². The first-order valence-electron chi connectivity index (χ1n) is 16.2. The lowest BCUT2D eigenvalue weighted by Gasteiger charge is -2.24. The van der Waals surface area contributed by atoms with Gasteiger partial charge >= 0.3 is 5.97 Å². The molecule has 3 N–H and O–H groups in total. The molecule has 4 rings (SSSR count). The van der Waals surface area contributed by atoms with Crippen LogP contribution in [0.25, 0.3) is 0 Å². The minimum absolute atomic E-state index is 0.131. The van der Waals surface area contributed by atoms with Crippen molar-refractivity contribution in [2.75, 3.05) is 31.6 Å². The minimum Gasteiger partial charge on any atom is -0.424 e. The van der Waals surface area contributed by atoms with Gasteiger partial charge in [-0.2, -0.15) is 0 Å². The summed E-state index contributed by atoms with van der Waals surface area (Å²) in [7, 11) is -3.21. The Bertz CT molecular complexity index is 1360. The second-order valence-electron chi connectivity index (χ2n) is 12.0. The number of carbonyl (C=O) groups excluding carboxylic acids is 2. The summed E-state index contributed by atoms with van der Waals surface area (Å²) >= 11 is 0. The molecular formula is C34H48N2O7S. The number of aliphatic hydroxyl groups is 1. The molecule has 1 aliphatic heterocycles. The molecule has 242 valence electrons. The first-order valence-corrected chi connectivity index (χ1v) is 17.7. The lowest BCUT2D eigenvalue weighted by Crippen LogP contribution is -2.26. The number of aryl methyl sites for hydroxylation is 1. The van der Waals surface area contributed by atoms with Gasteiger partial charge in [-0.15, -0.1) is 0 Å². The van der Waals surface area contributed by atoms with Crippen molar-refractivity contribution >= 4 is 27.4 Å². The third kappa shape index (κ3) is 9.86. The Labute approximate surface area is 262 Å². The number of rotatable bonds is 18. The molecular weight excluding hydrogens is 580 g/mol. The summed E-state index contributed by atoms with van der Waals surface area (Å²) in [6.07, 6.45) is 10.6. The third-order valence-electron chi connectivity index (χ3n) is 8.49. The lowest BCUT2D eigenvalue weighted by atomic mass is 9.93. The standard InChI is InChI=1S/C34H48N2O7S/c1-25(37)43-32-18-16-29(30-17-19-33(39)36-34(30)32)31(38)24-35-20-7-2-3-8-21-42-22-9-6-11-26-12-10-15-28(23-26)44(40,41)27-13-4-5-14-27/h10,12,15-16,18,23,27,31,35,38H,2-9,11,13-14,17,19-22,24H2,1H3,(H,36,39)/t31-/m0/s1. The Morgan fingerprint density at radius 1 is 1.02 bits per heavy atom. The van der Waals surface area contributed by atoms with Crippen molar-refractivity contribution in [1.82, 2.24) is 5.32 Å². The van der Waals surface area contributed by atoms with Crippen molar-refractivity contribution in [2.45, 2.75) is 107 Å². The smallest absolute Gasteiger partial charge is 0.308 e. The molecule has 10 heteroatoms. The molecule has 0 radical (unpaired) electrons. The van der Waals surface area contributed by atoms with Gasteiger partial charge in [-0.05, 0) is 92.8 Å². The zero-order valence-electron chi connectivity index (χ0n) is 25.9. The fourth-order valence-electron chi connectivity index (χ4n) is 6.10. The number of benzene rings is 2. The molecule has 1 amide bonds. The van der Waals surface area contributed by atoms with Crippen LogP contribution in [-0.4, -0.2) is 57.0 Å². The van der Waals surface area contributed by atoms with E-state index in [-0.39, 0.29) is 11.2 Å². The highest BCUT2D eigenvalue weighted by Gasteiger charge is 2.30. The van der Waals surface area contributed by atoms with Gasteiger partial charge in [0.2, 0.25) is 5.91 Å². The second-order valence-corrected chi connectivity index (χ2v) is 14.2. The molecule has 0 unspecified atom stereocenters. The number of carbonyl (C=O) groups is 2. The number of hydrogen-bond donors (Lipinski definition) is 3. The molecule has 44 heavy (non-hydrogen) atoms. The molecule has 0 saturated heterocycles. The van der Waals surface area contributed by atoms with Gasteiger partial charge in [-0.3, -0.25) is 9.59 Å². The number of hydrogen-bond acceptors (Lipinski definition) is 8. The van der Waals surface area contributed by atoms with E-state index in [1.807, 2.05) is 18.2 Å². The van der Waals surface area contributed by atoms with Crippen LogP contribution in [0.1, 0.15) is 100 Å². The minimum atomic E-state index is -3.21. The first kappa shape index (κ1) is 34.1. The van der Waals surface area contributed by atoms with Crippen LogP contribution in [-0.2, 0) is 37.0 Å². The van der Waals surface area contributed by atoms with E-state index in [4.69, 9.17) is 9.47 Å². The molecule has 2 aliphatic rings. The van der Waals surface area contributed by atoms with Crippen molar-refractivity contribution < 1.29 is 32.6 Å². The summed E-state index contributed by atoms with van der Waals surface area (Å²) in [4.78, 5) is 23.8. The summed E-state index contributed by atoms with van der Waals surface area (Å²) in [5.74, 6) is -0.283. The average Bonchev–Trinajstić information content (AvgIpc) is 3.56. The predicted molar refractivity (Wildman–Crippen MR) is 171 cm³/mol. The van der Waals surface area contributed by atoms with Gasteiger partial charge in [0.25, 0.3) is 0 Å². The summed E-state index contributed by atoms with van der Waals surface area (Å²) in [5, 5.41) is 16.7. The summed E-state index contributed by atoms with van der Waals surface area (Å²) in [6.45, 7) is 3.97. The van der Waals surface area contributed by atoms with Crippen molar-refractivity contribution in [3.8, 4) is 5.75 Å². The number of nitrogens with one attached hydrogen (secondary N) is 2. The van der Waals surface area contributed by atoms with Gasteiger partial charge in [-0.25, -0.2) is 8.42 Å². The van der Waals surface area contributed by atoms with Crippen LogP contribution >= 0.6 is 0 Å². The van der Waals surface area contributed by atoms with Crippen LogP contribution in [0.4, 0.5) is 5.69 Å². The maximum absolute atomic E-state index is 12.9. The number of amides is 1. The van der Waals surface area contributed by atoms with Gasteiger partial charge in [0.05, 0.1) is 21.9 Å². The van der Waals surface area contributed by atoms with Crippen molar-refractivity contribution in [3.05, 3.63) is 53.1 Å². The van der Waals surface area contributed by atoms with Crippen LogP contribution in [0.2, 0.25) is 0 Å². The van der Waals surface area contributed by atoms with E-state index in [0.29, 0.717) is 35.7 Å². The van der Waals surface area contributed by atoms with Gasteiger partial charge in [0.15, 0.2) is 15.6 Å². The van der Waals surface area contributed by atoms with Crippen LogP contribution < -0.4 is 15.4 Å². The van der Waals surface area contributed by atoms with E-state index in [9.17, 15) is 23.1 Å². The SMILES string of the molecule is CC(=O)Oc1ccc([C@@H](O)CNCCCCCCOCCCCc2cccc(S(=O)(=O)C3CCCC3)c2)c2c1NC(=O)CC2. The van der Waals surface area contributed by atoms with E-state index in [2.05, 4.69) is 10.6 Å². The Balaban J connectivity index is 1.03. The van der Waals surface area contributed by atoms with Gasteiger partial charge < -0.3 is 25.2 Å². The largest absolute Gasteiger partial charge is 0.424 e. The number of esters is 1. The molecule has 2 aromatic rings. The van der Waals surface area contributed by atoms with Gasteiger partial charge in [0.1, 0.15) is 0 Å². The average molecular weight is 629 g/mol. The first-order chi connectivity index (χ1) is 21.3. The van der Waals surface area contributed by atoms with E-state index in [1.165, 1.54) is 6.92 Å². The van der Waals surface area contributed by atoms with Crippen LogP contribution in [0, 0.1) is 0 Å². The van der Waals surface area contributed by atoms with Gasteiger partial charge in [-0.1, -0.05) is 43.9 Å². The Hall–Kier alpha value is -2.79. The maximum Gasteiger partial charge on any atom is 0.308 e. The Morgan fingerprint density at radius 2 is 1.77 bits per heavy atom. The van der Waals surface area contributed by atoms with Crippen LogP contribution in [0.15, 0.2) is 41.3 Å².